The summed E-state index contributed by atoms with van der Waals surface area (Å²) in [6.45, 7) is 18.2. The van der Waals surface area contributed by atoms with Crippen LogP contribution in [-0.4, -0.2) is 37.3 Å². The van der Waals surface area contributed by atoms with Crippen molar-refractivity contribution < 1.29 is 13.9 Å². The fourth-order valence-corrected chi connectivity index (χ4v) is 2.66. The summed E-state index contributed by atoms with van der Waals surface area (Å²) in [5.74, 6) is 1.25. The van der Waals surface area contributed by atoms with Crippen LogP contribution in [0.4, 0.5) is 10.2 Å². The SMILES string of the molecule is C=C.CC.CC/C(=C\C=C(/C)OC)CCCNc1cc(/C(C)=C/C(CN)=C(\C)F)nc(OC)n1. The van der Waals surface area contributed by atoms with E-state index in [1.54, 1.807) is 13.2 Å². The molecule has 0 radical (unpaired) electrons. The Bertz CT molecular complexity index is 826. The van der Waals surface area contributed by atoms with Gasteiger partial charge in [-0.3, -0.25) is 0 Å². The van der Waals surface area contributed by atoms with Crippen molar-refractivity contribution in [3.8, 4) is 6.01 Å². The maximum atomic E-state index is 13.6. The van der Waals surface area contributed by atoms with Gasteiger partial charge < -0.3 is 20.5 Å². The first-order valence-corrected chi connectivity index (χ1v) is 11.7. The van der Waals surface area contributed by atoms with E-state index in [9.17, 15) is 4.39 Å². The van der Waals surface area contributed by atoms with Gasteiger partial charge in [-0.2, -0.15) is 9.97 Å². The molecule has 0 spiro atoms. The summed E-state index contributed by atoms with van der Waals surface area (Å²) in [7, 11) is 3.19. The summed E-state index contributed by atoms with van der Waals surface area (Å²) in [5, 5.41) is 3.32. The van der Waals surface area contributed by atoms with Gasteiger partial charge in [0.25, 0.3) is 0 Å². The van der Waals surface area contributed by atoms with Crippen LogP contribution in [0.25, 0.3) is 5.57 Å². The van der Waals surface area contributed by atoms with E-state index in [1.807, 2.05) is 39.8 Å². The van der Waals surface area contributed by atoms with Gasteiger partial charge in [-0.25, -0.2) is 4.39 Å². The molecule has 0 unspecified atom stereocenters. The minimum Gasteiger partial charge on any atom is -0.501 e. The smallest absolute Gasteiger partial charge is 0.318 e. The monoisotopic (exact) mass is 476 g/mol. The first-order valence-electron chi connectivity index (χ1n) is 11.7. The predicted octanol–water partition coefficient (Wildman–Crippen LogP) is 7.00. The van der Waals surface area contributed by atoms with Gasteiger partial charge in [-0.1, -0.05) is 38.5 Å². The van der Waals surface area contributed by atoms with Crippen LogP contribution in [0.2, 0.25) is 0 Å². The van der Waals surface area contributed by atoms with Crippen LogP contribution in [0, 0.1) is 0 Å². The molecule has 7 heteroatoms. The second kappa shape index (κ2) is 20.7. The van der Waals surface area contributed by atoms with E-state index in [-0.39, 0.29) is 18.4 Å². The summed E-state index contributed by atoms with van der Waals surface area (Å²) in [4.78, 5) is 8.72. The maximum Gasteiger partial charge on any atom is 0.318 e. The molecule has 1 aromatic rings. The lowest BCUT2D eigenvalue weighted by atomic mass is 10.1. The van der Waals surface area contributed by atoms with E-state index in [1.165, 1.54) is 19.6 Å². The van der Waals surface area contributed by atoms with Crippen LogP contribution in [0.5, 0.6) is 6.01 Å². The van der Waals surface area contributed by atoms with Gasteiger partial charge in [0.1, 0.15) is 11.6 Å². The Morgan fingerprint density at radius 2 is 1.79 bits per heavy atom. The number of hydrogen-bond acceptors (Lipinski definition) is 6. The third-order valence-corrected chi connectivity index (χ3v) is 4.66. The second-order valence-corrected chi connectivity index (χ2v) is 6.91. The minimum atomic E-state index is -0.299. The van der Waals surface area contributed by atoms with E-state index in [0.717, 1.165) is 37.1 Å². The maximum absolute atomic E-state index is 13.6. The van der Waals surface area contributed by atoms with Gasteiger partial charge in [0.2, 0.25) is 0 Å². The lowest BCUT2D eigenvalue weighted by Gasteiger charge is -2.11. The largest absolute Gasteiger partial charge is 0.501 e. The number of hydrogen-bond donors (Lipinski definition) is 2. The zero-order valence-electron chi connectivity index (χ0n) is 22.4. The molecule has 0 aliphatic heterocycles. The van der Waals surface area contributed by atoms with Gasteiger partial charge in [0.05, 0.1) is 25.7 Å². The van der Waals surface area contributed by atoms with E-state index in [4.69, 9.17) is 15.2 Å². The second-order valence-electron chi connectivity index (χ2n) is 6.91. The molecule has 0 atom stereocenters. The summed E-state index contributed by atoms with van der Waals surface area (Å²) < 4.78 is 23.9. The van der Waals surface area contributed by atoms with Crippen molar-refractivity contribution in [2.75, 3.05) is 32.6 Å². The molecule has 0 aliphatic rings. The zero-order valence-corrected chi connectivity index (χ0v) is 22.4. The number of nitrogens with two attached hydrogens (primary N) is 1. The number of rotatable bonds is 12. The van der Waals surface area contributed by atoms with Crippen molar-refractivity contribution in [2.24, 2.45) is 5.73 Å². The number of allylic oxidation sites excluding steroid dienone is 6. The average molecular weight is 477 g/mol. The fraction of sp³-hybridized carbons (Fsp3) is 0.481. The molecule has 1 rings (SSSR count). The van der Waals surface area contributed by atoms with E-state index in [0.29, 0.717) is 17.1 Å². The lowest BCUT2D eigenvalue weighted by Crippen LogP contribution is -2.07. The van der Waals surface area contributed by atoms with E-state index in [2.05, 4.69) is 41.4 Å². The average Bonchev–Trinajstić information content (AvgIpc) is 2.88. The Kier molecular flexibility index (Phi) is 20.2. The number of aromatic nitrogens is 2. The van der Waals surface area contributed by atoms with Crippen molar-refractivity contribution >= 4 is 11.4 Å². The molecular formula is C27H45FN4O2. The molecular weight excluding hydrogens is 431 g/mol. The summed E-state index contributed by atoms with van der Waals surface area (Å²) in [6.07, 6.45) is 8.74. The van der Waals surface area contributed by atoms with Crippen molar-refractivity contribution in [2.45, 2.75) is 60.8 Å². The molecule has 0 saturated carbocycles. The van der Waals surface area contributed by atoms with Gasteiger partial charge in [-0.05, 0) is 57.3 Å². The summed E-state index contributed by atoms with van der Waals surface area (Å²) in [6, 6.07) is 2.09. The van der Waals surface area contributed by atoms with Crippen LogP contribution in [-0.2, 0) is 4.74 Å². The number of nitrogens with zero attached hydrogens (tertiary/aromatic N) is 2. The van der Waals surface area contributed by atoms with Crippen LogP contribution >= 0.6 is 0 Å². The summed E-state index contributed by atoms with van der Waals surface area (Å²) >= 11 is 0. The molecule has 6 nitrogen and oxygen atoms in total. The Morgan fingerprint density at radius 3 is 2.29 bits per heavy atom. The van der Waals surface area contributed by atoms with Crippen LogP contribution in [0.3, 0.4) is 0 Å². The molecule has 3 N–H and O–H groups in total. The summed E-state index contributed by atoms with van der Waals surface area (Å²) in [5.41, 5.74) is 8.86. The molecule has 192 valence electrons. The minimum absolute atomic E-state index is 0.124. The highest BCUT2D eigenvalue weighted by Gasteiger charge is 2.08. The highest BCUT2D eigenvalue weighted by atomic mass is 19.1. The molecule has 1 aromatic heterocycles. The number of ether oxygens (including phenoxy) is 2. The van der Waals surface area contributed by atoms with Crippen LogP contribution in [0.1, 0.15) is 66.5 Å². The zero-order chi connectivity index (χ0) is 26.5. The van der Waals surface area contributed by atoms with Gasteiger partial charge in [0.15, 0.2) is 0 Å². The normalized spacial score (nSPS) is 12.5. The lowest BCUT2D eigenvalue weighted by molar-refractivity contribution is 0.293. The molecule has 0 saturated heterocycles. The van der Waals surface area contributed by atoms with Gasteiger partial charge in [-0.15, -0.1) is 13.2 Å². The molecule has 0 bridgehead atoms. The Morgan fingerprint density at radius 1 is 1.15 bits per heavy atom. The first-order chi connectivity index (χ1) is 16.3. The first kappa shape index (κ1) is 33.2. The van der Waals surface area contributed by atoms with Gasteiger partial charge in [0, 0.05) is 19.2 Å². The quantitative estimate of drug-likeness (QED) is 0.146. The molecule has 0 fully saturated rings. The highest BCUT2D eigenvalue weighted by molar-refractivity contribution is 5.66. The Labute approximate surface area is 206 Å². The number of methoxy groups -OCH3 is 2. The Balaban J connectivity index is 0. The number of anilines is 1. The predicted molar refractivity (Wildman–Crippen MR) is 145 cm³/mol. The fourth-order valence-electron chi connectivity index (χ4n) is 2.66. The van der Waals surface area contributed by atoms with Crippen molar-refractivity contribution in [3.63, 3.8) is 0 Å². The van der Waals surface area contributed by atoms with Crippen molar-refractivity contribution in [1.82, 2.24) is 9.97 Å². The highest BCUT2D eigenvalue weighted by Crippen LogP contribution is 2.21. The molecule has 0 aromatic carbocycles. The topological polar surface area (TPSA) is 82.3 Å². The van der Waals surface area contributed by atoms with Crippen molar-refractivity contribution in [1.29, 1.82) is 0 Å². The van der Waals surface area contributed by atoms with Crippen LogP contribution < -0.4 is 15.8 Å². The third-order valence-electron chi connectivity index (χ3n) is 4.66. The van der Waals surface area contributed by atoms with Crippen LogP contribution in [0.15, 0.2) is 60.2 Å². The van der Waals surface area contributed by atoms with Crippen molar-refractivity contribution in [3.05, 3.63) is 65.9 Å². The van der Waals surface area contributed by atoms with Gasteiger partial charge >= 0.3 is 6.01 Å². The standard InChI is InChI=1S/C23H35FN4O2.C2H6.C2H4/c1-7-19(11-10-17(3)29-5)9-8-12-26-22-14-21(27-23(28-22)30-6)16(2)13-20(15-25)18(4)24;2*1-2/h10-11,13-14H,7-9,12,15,25H2,1-6H3,(H,26,27,28);1-2H3;1-2H2/b16-13+,17-10+,19-11+,20-18-;;. The third kappa shape index (κ3) is 13.6. The molecule has 0 amide bonds. The number of nitrogens with one attached hydrogen (secondary N) is 1. The number of halogens is 1. The van der Waals surface area contributed by atoms with E-state index < -0.39 is 0 Å². The molecule has 1 heterocycles. The molecule has 34 heavy (non-hydrogen) atoms. The molecule has 0 aliphatic carbocycles. The Hall–Kier alpha value is -2.93. The van der Waals surface area contributed by atoms with E-state index >= 15 is 0 Å².